The number of piperidine rings is 1. The van der Waals surface area contributed by atoms with Crippen LogP contribution in [0.25, 0.3) is 0 Å². The number of benzene rings is 2. The number of rotatable bonds is 6. The predicted octanol–water partition coefficient (Wildman–Crippen LogP) is 4.93. The van der Waals surface area contributed by atoms with Crippen molar-refractivity contribution in [1.29, 1.82) is 0 Å². The summed E-state index contributed by atoms with van der Waals surface area (Å²) in [6.45, 7) is 1.26. The average molecular weight is 417 g/mol. The molecule has 29 heavy (non-hydrogen) atoms. The molecule has 4 nitrogen and oxygen atoms in total. The first-order valence-electron chi connectivity index (χ1n) is 10.2. The molecule has 1 aliphatic heterocycles. The van der Waals surface area contributed by atoms with E-state index in [1.807, 2.05) is 30.3 Å². The molecule has 1 saturated carbocycles. The molecule has 0 spiro atoms. The van der Waals surface area contributed by atoms with Crippen molar-refractivity contribution in [1.82, 2.24) is 10.2 Å². The Labute approximate surface area is 176 Å². The summed E-state index contributed by atoms with van der Waals surface area (Å²) in [6, 6.07) is 17.9. The van der Waals surface area contributed by atoms with Crippen molar-refractivity contribution in [3.05, 3.63) is 70.7 Å². The van der Waals surface area contributed by atoms with Gasteiger partial charge in [0.2, 0.25) is 0 Å². The van der Waals surface area contributed by atoms with Crippen molar-refractivity contribution in [2.75, 3.05) is 19.6 Å². The van der Waals surface area contributed by atoms with Crippen LogP contribution < -0.4 is 5.32 Å². The van der Waals surface area contributed by atoms with Crippen LogP contribution in [0.15, 0.2) is 54.6 Å². The Morgan fingerprint density at radius 3 is 2.66 bits per heavy atom. The summed E-state index contributed by atoms with van der Waals surface area (Å²) in [5.41, 5.74) is 0.882. The molecule has 0 radical (unpaired) electrons. The normalized spacial score (nSPS) is 22.9. The SMILES string of the molecule is O=C(OCc1cccc(Cl)c1)N1CCC(F)(CNC2C[C@@H]2c2ccccc2)CC1. The van der Waals surface area contributed by atoms with Gasteiger partial charge in [0.1, 0.15) is 12.3 Å². The maximum atomic E-state index is 15.2. The highest BCUT2D eigenvalue weighted by molar-refractivity contribution is 6.30. The molecule has 2 aliphatic rings. The molecule has 2 aromatic carbocycles. The van der Waals surface area contributed by atoms with Gasteiger partial charge in [-0.3, -0.25) is 0 Å². The molecule has 6 heteroatoms. The number of likely N-dealkylation sites (tertiary alicyclic amines) is 1. The highest BCUT2D eigenvalue weighted by Gasteiger charge is 2.42. The largest absolute Gasteiger partial charge is 0.445 e. The molecule has 2 aromatic rings. The first-order valence-corrected chi connectivity index (χ1v) is 10.5. The van der Waals surface area contributed by atoms with E-state index in [-0.39, 0.29) is 6.61 Å². The summed E-state index contributed by atoms with van der Waals surface area (Å²) < 4.78 is 20.5. The van der Waals surface area contributed by atoms with Crippen molar-refractivity contribution >= 4 is 17.7 Å². The number of carbonyl (C=O) groups excluding carboxylic acids is 1. The lowest BCUT2D eigenvalue weighted by Gasteiger charge is -2.36. The van der Waals surface area contributed by atoms with Crippen LogP contribution in [0.1, 0.15) is 36.3 Å². The summed E-state index contributed by atoms with van der Waals surface area (Å²) in [6.07, 6.45) is 1.32. The second-order valence-electron chi connectivity index (χ2n) is 8.06. The summed E-state index contributed by atoms with van der Waals surface area (Å²) in [5.74, 6) is 0.487. The van der Waals surface area contributed by atoms with Crippen molar-refractivity contribution in [2.24, 2.45) is 0 Å². The van der Waals surface area contributed by atoms with Crippen molar-refractivity contribution in [2.45, 2.75) is 43.5 Å². The smallest absolute Gasteiger partial charge is 0.410 e. The number of ether oxygens (including phenoxy) is 1. The van der Waals surface area contributed by atoms with Crippen LogP contribution in [0.3, 0.4) is 0 Å². The maximum Gasteiger partial charge on any atom is 0.410 e. The minimum Gasteiger partial charge on any atom is -0.445 e. The van der Waals surface area contributed by atoms with Crippen molar-refractivity contribution in [3.8, 4) is 0 Å². The number of halogens is 2. The van der Waals surface area contributed by atoms with Crippen molar-refractivity contribution < 1.29 is 13.9 Å². The highest BCUT2D eigenvalue weighted by atomic mass is 35.5. The molecule has 0 bridgehead atoms. The summed E-state index contributed by atoms with van der Waals surface area (Å²) in [7, 11) is 0. The van der Waals surface area contributed by atoms with Gasteiger partial charge in [0, 0.05) is 49.5 Å². The Balaban J connectivity index is 1.19. The zero-order valence-corrected chi connectivity index (χ0v) is 17.1. The lowest BCUT2D eigenvalue weighted by molar-refractivity contribution is 0.0408. The molecule has 1 N–H and O–H groups in total. The molecule has 1 saturated heterocycles. The molecule has 4 rings (SSSR count). The van der Waals surface area contributed by atoms with Crippen LogP contribution in [0.5, 0.6) is 0 Å². The van der Waals surface area contributed by atoms with Gasteiger partial charge in [-0.1, -0.05) is 54.1 Å². The third-order valence-electron chi connectivity index (χ3n) is 5.87. The zero-order valence-electron chi connectivity index (χ0n) is 16.3. The van der Waals surface area contributed by atoms with Crippen LogP contribution >= 0.6 is 11.6 Å². The molecule has 0 aromatic heterocycles. The second kappa shape index (κ2) is 8.72. The average Bonchev–Trinajstić information content (AvgIpc) is 3.52. The monoisotopic (exact) mass is 416 g/mol. The predicted molar refractivity (Wildman–Crippen MR) is 112 cm³/mol. The van der Waals surface area contributed by atoms with Crippen molar-refractivity contribution in [3.63, 3.8) is 0 Å². The third kappa shape index (κ3) is 5.28. The fourth-order valence-electron chi connectivity index (χ4n) is 3.93. The molecular formula is C23H26ClFN2O2. The van der Waals surface area contributed by atoms with E-state index in [0.29, 0.717) is 49.5 Å². The third-order valence-corrected chi connectivity index (χ3v) is 6.10. The Hall–Kier alpha value is -2.11. The molecule has 1 amide bonds. The van der Waals surface area contributed by atoms with E-state index in [9.17, 15) is 4.79 Å². The van der Waals surface area contributed by atoms with E-state index in [4.69, 9.17) is 16.3 Å². The number of nitrogens with zero attached hydrogens (tertiary/aromatic N) is 1. The van der Waals surface area contributed by atoms with Crippen LogP contribution in [-0.2, 0) is 11.3 Å². The number of carbonyl (C=O) groups is 1. The number of amides is 1. The summed E-state index contributed by atoms with van der Waals surface area (Å²) in [4.78, 5) is 13.9. The summed E-state index contributed by atoms with van der Waals surface area (Å²) in [5, 5.41) is 4.00. The van der Waals surface area contributed by atoms with Crippen LogP contribution in [0.2, 0.25) is 5.02 Å². The van der Waals surface area contributed by atoms with E-state index in [0.717, 1.165) is 12.0 Å². The molecule has 154 valence electrons. The number of hydrogen-bond acceptors (Lipinski definition) is 3. The molecule has 2 atom stereocenters. The van der Waals surface area contributed by atoms with Gasteiger partial charge in [-0.25, -0.2) is 9.18 Å². The topological polar surface area (TPSA) is 41.6 Å². The Morgan fingerprint density at radius 2 is 1.93 bits per heavy atom. The van der Waals surface area contributed by atoms with Crippen LogP contribution in [0, 0.1) is 0 Å². The highest BCUT2D eigenvalue weighted by Crippen LogP contribution is 2.41. The van der Waals surface area contributed by atoms with Crippen LogP contribution in [-0.4, -0.2) is 42.3 Å². The molecule has 1 aliphatic carbocycles. The maximum absolute atomic E-state index is 15.2. The van der Waals surface area contributed by atoms with Gasteiger partial charge in [0.15, 0.2) is 0 Å². The number of nitrogens with one attached hydrogen (secondary N) is 1. The standard InChI is InChI=1S/C23H26ClFN2O2/c24-19-8-4-5-17(13-19)15-29-22(28)27-11-9-23(25,10-12-27)16-26-21-14-20(21)18-6-2-1-3-7-18/h1-8,13,20-21,26H,9-12,14-16H2/t20-,21?/m1/s1. The quantitative estimate of drug-likeness (QED) is 0.726. The van der Waals surface area contributed by atoms with Gasteiger partial charge in [0.05, 0.1) is 0 Å². The minimum atomic E-state index is -1.27. The van der Waals surface area contributed by atoms with E-state index in [2.05, 4.69) is 17.4 Å². The van der Waals surface area contributed by atoms with E-state index >= 15 is 4.39 Å². The molecular weight excluding hydrogens is 391 g/mol. The van der Waals surface area contributed by atoms with E-state index in [1.165, 1.54) is 5.56 Å². The van der Waals surface area contributed by atoms with Crippen LogP contribution in [0.4, 0.5) is 9.18 Å². The molecule has 1 unspecified atom stereocenters. The van der Waals surface area contributed by atoms with E-state index < -0.39 is 11.8 Å². The number of hydrogen-bond donors (Lipinski definition) is 1. The van der Waals surface area contributed by atoms with Gasteiger partial charge in [-0.15, -0.1) is 0 Å². The van der Waals surface area contributed by atoms with Gasteiger partial charge in [-0.05, 0) is 29.7 Å². The Bertz CT molecular complexity index is 840. The lowest BCUT2D eigenvalue weighted by Crippen LogP contribution is -2.49. The fourth-order valence-corrected chi connectivity index (χ4v) is 4.15. The van der Waals surface area contributed by atoms with E-state index in [1.54, 1.807) is 17.0 Å². The lowest BCUT2D eigenvalue weighted by atomic mass is 9.93. The number of alkyl halides is 1. The van der Waals surface area contributed by atoms with Gasteiger partial charge < -0.3 is 15.0 Å². The summed E-state index contributed by atoms with van der Waals surface area (Å²) >= 11 is 5.94. The Kier molecular flexibility index (Phi) is 6.07. The first-order chi connectivity index (χ1) is 14.0. The fraction of sp³-hybridized carbons (Fsp3) is 0.435. The first kappa shape index (κ1) is 20.2. The van der Waals surface area contributed by atoms with Gasteiger partial charge >= 0.3 is 6.09 Å². The minimum absolute atomic E-state index is 0.167. The Morgan fingerprint density at radius 1 is 1.17 bits per heavy atom. The molecule has 2 fully saturated rings. The van der Waals surface area contributed by atoms with Gasteiger partial charge in [0.25, 0.3) is 0 Å². The van der Waals surface area contributed by atoms with Gasteiger partial charge in [-0.2, -0.15) is 0 Å². The zero-order chi connectivity index (χ0) is 20.3. The molecule has 1 heterocycles. The second-order valence-corrected chi connectivity index (χ2v) is 8.50.